The molecule has 2 aliphatic rings. The Kier molecular flexibility index (Phi) is 4.86. The number of rotatable bonds is 5. The highest BCUT2D eigenvalue weighted by Crippen LogP contribution is 2.40. The number of amidine groups is 1. The topological polar surface area (TPSA) is 212 Å². The van der Waals surface area contributed by atoms with Gasteiger partial charge in [-0.15, -0.1) is 5.11 Å². The lowest BCUT2D eigenvalue weighted by Gasteiger charge is -2.32. The fraction of sp³-hybridized carbons (Fsp3) is 0.263. The van der Waals surface area contributed by atoms with Gasteiger partial charge in [-0.1, -0.05) is 18.2 Å². The van der Waals surface area contributed by atoms with Gasteiger partial charge in [0.1, 0.15) is 4.90 Å². The smallest absolute Gasteiger partial charge is 0.240 e. The van der Waals surface area contributed by atoms with Crippen LogP contribution in [0, 0.1) is 0 Å². The molecule has 5 rings (SSSR count). The van der Waals surface area contributed by atoms with Crippen molar-refractivity contribution in [3.05, 3.63) is 35.9 Å². The number of fused-ring (bicyclic) bond motifs is 1. The molecule has 0 saturated heterocycles. The number of imidazole rings is 1. The van der Waals surface area contributed by atoms with Gasteiger partial charge in [0.05, 0.1) is 26.7 Å². The van der Waals surface area contributed by atoms with Gasteiger partial charge in [-0.05, 0) is 30.5 Å². The van der Waals surface area contributed by atoms with E-state index in [9.17, 15) is 16.8 Å². The minimum atomic E-state index is -4.54. The summed E-state index contributed by atoms with van der Waals surface area (Å²) in [6, 6.07) is 7.70. The number of primary sulfonamides is 1. The van der Waals surface area contributed by atoms with Crippen LogP contribution in [0.1, 0.15) is 18.4 Å². The second-order valence-corrected chi connectivity index (χ2v) is 11.6. The molecule has 172 valence electrons. The number of nitrogens with zero attached hydrogens (tertiary/aromatic N) is 4. The number of nitrogens with one attached hydrogen (secondary N) is 1. The first-order chi connectivity index (χ1) is 15.6. The monoisotopic (exact) mass is 488 g/mol. The number of nitrogen functional groups attached to an aromatic ring is 1. The van der Waals surface area contributed by atoms with E-state index < -0.39 is 34.9 Å². The zero-order valence-corrected chi connectivity index (χ0v) is 18.8. The molecule has 7 N–H and O–H groups in total. The van der Waals surface area contributed by atoms with Crippen LogP contribution in [0.4, 0.5) is 5.95 Å². The first kappa shape index (κ1) is 21.6. The Morgan fingerprint density at radius 3 is 2.42 bits per heavy atom. The average molecular weight is 489 g/mol. The van der Waals surface area contributed by atoms with Crippen molar-refractivity contribution in [3.8, 4) is 11.1 Å². The van der Waals surface area contributed by atoms with E-state index in [-0.39, 0.29) is 42.9 Å². The number of sulfonamides is 1. The number of aromatic nitrogens is 2. The molecule has 0 bridgehead atoms. The number of anilines is 1. The number of hydrogen-bond donors (Lipinski definition) is 4. The molecule has 0 unspecified atom stereocenters. The lowest BCUT2D eigenvalue weighted by molar-refractivity contribution is 0.408. The maximum atomic E-state index is 13.4. The zero-order chi connectivity index (χ0) is 23.5. The summed E-state index contributed by atoms with van der Waals surface area (Å²) in [4.78, 5) is 10.4. The number of nitrogens with two attached hydrogens (primary N) is 3. The molecule has 2 aromatic carbocycles. The van der Waals surface area contributed by atoms with Gasteiger partial charge >= 0.3 is 0 Å². The molecule has 1 fully saturated rings. The lowest BCUT2D eigenvalue weighted by atomic mass is 9.93. The minimum Gasteiger partial charge on any atom is -0.369 e. The average Bonchev–Trinajstić information content (AvgIpc) is 3.38. The molecule has 1 aliphatic heterocycles. The molecule has 0 amide bonds. The van der Waals surface area contributed by atoms with E-state index in [1.54, 1.807) is 18.2 Å². The summed E-state index contributed by atoms with van der Waals surface area (Å²) >= 11 is 0. The Morgan fingerprint density at radius 2 is 1.79 bits per heavy atom. The van der Waals surface area contributed by atoms with E-state index in [0.29, 0.717) is 22.2 Å². The van der Waals surface area contributed by atoms with E-state index in [4.69, 9.17) is 16.6 Å². The number of benzene rings is 2. The number of H-pyrrole nitrogens is 1. The van der Waals surface area contributed by atoms with Crippen molar-refractivity contribution >= 4 is 42.7 Å². The predicted octanol–water partition coefficient (Wildman–Crippen LogP) is 0.893. The lowest BCUT2D eigenvalue weighted by Crippen LogP contribution is -2.45. The molecular formula is C19H20N8O4S2. The normalized spacial score (nSPS) is 20.7. The Morgan fingerprint density at radius 1 is 1.03 bits per heavy atom. The molecule has 1 aliphatic carbocycles. The first-order valence-electron chi connectivity index (χ1n) is 9.93. The van der Waals surface area contributed by atoms with Crippen LogP contribution in [0.15, 0.2) is 55.3 Å². The number of aliphatic imine (C=N–C) groups is 1. The molecule has 12 nitrogen and oxygen atoms in total. The standard InChI is InChI=1S/C19H20N8O4S2/c20-9-6-10(7-9)32(28,29)14-5-4-11(12-2-1-3-13-16(12)26-19(21)25-13)15(17(14)33(22,30)31)18-23-8-24-27-18/h1-5,9-10H,6-8,20H2,(H3,21,25,26)(H2,22,30,31). The van der Waals surface area contributed by atoms with E-state index in [0.717, 1.165) is 0 Å². The third-order valence-corrected chi connectivity index (χ3v) is 9.11. The van der Waals surface area contributed by atoms with Gasteiger partial charge in [0.15, 0.2) is 28.3 Å². The third kappa shape index (κ3) is 3.51. The van der Waals surface area contributed by atoms with Crippen molar-refractivity contribution < 1.29 is 16.8 Å². The second-order valence-electron chi connectivity index (χ2n) is 7.95. The van der Waals surface area contributed by atoms with Crippen molar-refractivity contribution in [1.29, 1.82) is 0 Å². The van der Waals surface area contributed by atoms with Crippen molar-refractivity contribution in [2.24, 2.45) is 26.1 Å². The fourth-order valence-electron chi connectivity index (χ4n) is 4.18. The number of aromatic amines is 1. The summed E-state index contributed by atoms with van der Waals surface area (Å²) in [6.07, 6.45) is 0.464. The predicted molar refractivity (Wildman–Crippen MR) is 122 cm³/mol. The van der Waals surface area contributed by atoms with Crippen LogP contribution in [0.3, 0.4) is 0 Å². The van der Waals surface area contributed by atoms with E-state index in [1.807, 2.05) is 0 Å². The highest BCUT2D eigenvalue weighted by atomic mass is 32.2. The molecule has 0 spiro atoms. The van der Waals surface area contributed by atoms with Gasteiger partial charge < -0.3 is 16.5 Å². The Labute approximate surface area is 189 Å². The maximum absolute atomic E-state index is 13.4. The summed E-state index contributed by atoms with van der Waals surface area (Å²) in [5.41, 5.74) is 13.5. The molecule has 0 radical (unpaired) electrons. The molecular weight excluding hydrogens is 468 g/mol. The number of para-hydroxylation sites is 1. The number of hydrogen-bond acceptors (Lipinski definition) is 10. The van der Waals surface area contributed by atoms with Crippen LogP contribution in [-0.4, -0.2) is 50.6 Å². The molecule has 2 heterocycles. The molecule has 0 atom stereocenters. The molecule has 33 heavy (non-hydrogen) atoms. The maximum Gasteiger partial charge on any atom is 0.240 e. The SMILES string of the molecule is Nc1nc2c(-c3ccc(S(=O)(=O)C4CC(N)C4)c(S(N)(=O)=O)c3C3=NCN=N3)cccc2[nH]1. The number of sulfone groups is 1. The van der Waals surface area contributed by atoms with Gasteiger partial charge in [-0.25, -0.2) is 32.0 Å². The Balaban J connectivity index is 1.87. The van der Waals surface area contributed by atoms with Gasteiger partial charge in [-0.3, -0.25) is 0 Å². The zero-order valence-electron chi connectivity index (χ0n) is 17.1. The molecule has 3 aromatic rings. The van der Waals surface area contributed by atoms with Gasteiger partial charge in [-0.2, -0.15) is 5.11 Å². The van der Waals surface area contributed by atoms with Gasteiger partial charge in [0, 0.05) is 11.6 Å². The summed E-state index contributed by atoms with van der Waals surface area (Å²) in [6.45, 7) is -0.0210. The first-order valence-corrected chi connectivity index (χ1v) is 13.0. The Hall–Kier alpha value is -3.20. The van der Waals surface area contributed by atoms with Gasteiger partial charge in [0.25, 0.3) is 0 Å². The van der Waals surface area contributed by atoms with Crippen molar-refractivity contribution in [2.45, 2.75) is 33.9 Å². The van der Waals surface area contributed by atoms with Crippen LogP contribution >= 0.6 is 0 Å². The quantitative estimate of drug-likeness (QED) is 0.406. The summed E-state index contributed by atoms with van der Waals surface area (Å²) in [5.74, 6) is 0.140. The largest absolute Gasteiger partial charge is 0.369 e. The highest BCUT2D eigenvalue weighted by molar-refractivity contribution is 7.94. The van der Waals surface area contributed by atoms with Gasteiger partial charge in [0.2, 0.25) is 10.0 Å². The Bertz CT molecular complexity index is 1570. The van der Waals surface area contributed by atoms with Crippen molar-refractivity contribution in [1.82, 2.24) is 9.97 Å². The molecule has 1 aromatic heterocycles. The third-order valence-electron chi connectivity index (χ3n) is 5.78. The van der Waals surface area contributed by atoms with Crippen LogP contribution in [0.5, 0.6) is 0 Å². The summed E-state index contributed by atoms with van der Waals surface area (Å²) in [7, 11) is -8.59. The van der Waals surface area contributed by atoms with Crippen LogP contribution in [-0.2, 0) is 19.9 Å². The van der Waals surface area contributed by atoms with E-state index in [2.05, 4.69) is 25.2 Å². The van der Waals surface area contributed by atoms with Crippen molar-refractivity contribution in [3.63, 3.8) is 0 Å². The second kappa shape index (κ2) is 7.41. The fourth-order valence-corrected chi connectivity index (χ4v) is 7.69. The molecule has 1 saturated carbocycles. The van der Waals surface area contributed by atoms with Crippen LogP contribution in [0.25, 0.3) is 22.2 Å². The molecule has 14 heteroatoms. The highest BCUT2D eigenvalue weighted by Gasteiger charge is 2.42. The summed E-state index contributed by atoms with van der Waals surface area (Å²) < 4.78 is 52.4. The van der Waals surface area contributed by atoms with E-state index in [1.165, 1.54) is 12.1 Å². The van der Waals surface area contributed by atoms with Crippen LogP contribution in [0.2, 0.25) is 0 Å². The summed E-state index contributed by atoms with van der Waals surface area (Å²) in [5, 5.41) is 12.6. The number of azo groups is 1. The van der Waals surface area contributed by atoms with E-state index >= 15 is 0 Å². The minimum absolute atomic E-state index is 0.0210. The van der Waals surface area contributed by atoms with Crippen LogP contribution < -0.4 is 16.6 Å². The van der Waals surface area contributed by atoms with Crippen molar-refractivity contribution in [2.75, 3.05) is 12.4 Å².